The Kier molecular flexibility index (Phi) is 6.05. The van der Waals surface area contributed by atoms with Crippen LogP contribution >= 0.6 is 0 Å². The lowest BCUT2D eigenvalue weighted by Gasteiger charge is -2.17. The second-order valence-corrected chi connectivity index (χ2v) is 7.28. The molecule has 0 aliphatic carbocycles. The summed E-state index contributed by atoms with van der Waals surface area (Å²) < 4.78 is 2.17. The van der Waals surface area contributed by atoms with E-state index in [1.807, 2.05) is 66.7 Å². The van der Waals surface area contributed by atoms with Gasteiger partial charge in [0.15, 0.2) is 0 Å². The minimum atomic E-state index is -0.282. The minimum absolute atomic E-state index is 0.0558. The summed E-state index contributed by atoms with van der Waals surface area (Å²) in [6, 6.07) is 21.7. The molecule has 2 aromatic heterocycles. The number of unbranched alkanes of at least 4 members (excludes halogenated alkanes) is 2. The molecule has 148 valence electrons. The Morgan fingerprint density at radius 3 is 2.48 bits per heavy atom. The predicted octanol–water partition coefficient (Wildman–Crippen LogP) is 4.83. The highest BCUT2D eigenvalue weighted by Gasteiger charge is 2.20. The molecule has 5 nitrogen and oxygen atoms in total. The Bertz CT molecular complexity index is 1000. The highest BCUT2D eigenvalue weighted by Crippen LogP contribution is 2.22. The lowest BCUT2D eigenvalue weighted by molar-refractivity contribution is -0.121. The molecule has 0 fully saturated rings. The first-order chi connectivity index (χ1) is 14.3. The third-order valence-corrected chi connectivity index (χ3v) is 5.11. The van der Waals surface area contributed by atoms with Crippen LogP contribution in [0, 0.1) is 0 Å². The minimum Gasteiger partial charge on any atom is -0.354 e. The first-order valence-corrected chi connectivity index (χ1v) is 10.2. The van der Waals surface area contributed by atoms with Gasteiger partial charge < -0.3 is 14.9 Å². The number of rotatable bonds is 9. The van der Waals surface area contributed by atoms with Crippen molar-refractivity contribution >= 4 is 16.9 Å². The van der Waals surface area contributed by atoms with E-state index in [4.69, 9.17) is 4.98 Å². The Balaban J connectivity index is 1.38. The number of aromatic amines is 1. The highest BCUT2D eigenvalue weighted by atomic mass is 16.1. The number of benzene rings is 2. The number of fused-ring (bicyclic) bond motifs is 1. The Morgan fingerprint density at radius 1 is 0.931 bits per heavy atom. The van der Waals surface area contributed by atoms with Gasteiger partial charge in [-0.25, -0.2) is 4.98 Å². The van der Waals surface area contributed by atoms with E-state index in [0.29, 0.717) is 6.42 Å². The number of aryl methyl sites for hydroxylation is 1. The van der Waals surface area contributed by atoms with E-state index >= 15 is 0 Å². The maximum Gasteiger partial charge on any atom is 0.220 e. The van der Waals surface area contributed by atoms with E-state index in [1.54, 1.807) is 0 Å². The topological polar surface area (TPSA) is 62.7 Å². The smallest absolute Gasteiger partial charge is 0.220 e. The van der Waals surface area contributed by atoms with Crippen LogP contribution < -0.4 is 5.32 Å². The van der Waals surface area contributed by atoms with E-state index in [1.165, 1.54) is 0 Å². The van der Waals surface area contributed by atoms with Crippen LogP contribution in [0.2, 0.25) is 0 Å². The fourth-order valence-electron chi connectivity index (χ4n) is 3.57. The third-order valence-electron chi connectivity index (χ3n) is 5.11. The Hall–Kier alpha value is -3.34. The molecular formula is C24H26N4O. The lowest BCUT2D eigenvalue weighted by Crippen LogP contribution is -2.29. The maximum absolute atomic E-state index is 12.6. The largest absolute Gasteiger partial charge is 0.354 e. The number of nitrogens with one attached hydrogen (secondary N) is 2. The van der Waals surface area contributed by atoms with Gasteiger partial charge in [-0.3, -0.25) is 4.79 Å². The standard InChI is InChI=1S/C24H26N4O/c29-22(15-5-2-8-16-28-17-9-10-18-28)27-23(19-11-3-1-4-12-19)24-25-20-13-6-7-14-21(20)26-24/h1,3-4,6-7,9-14,17-18,23H,2,5,8,15-16H2,(H,25,26)(H,27,29)/t23-/m1/s1. The zero-order valence-corrected chi connectivity index (χ0v) is 16.4. The van der Waals surface area contributed by atoms with Gasteiger partial charge >= 0.3 is 0 Å². The van der Waals surface area contributed by atoms with Crippen LogP contribution in [0.4, 0.5) is 0 Å². The molecule has 0 radical (unpaired) electrons. The molecule has 0 bridgehead atoms. The van der Waals surface area contributed by atoms with Gasteiger partial charge in [0.2, 0.25) is 5.91 Å². The first kappa shape index (κ1) is 19.0. The molecule has 5 heteroatoms. The summed E-state index contributed by atoms with van der Waals surface area (Å²) in [4.78, 5) is 20.7. The molecule has 1 amide bonds. The molecule has 0 saturated heterocycles. The second-order valence-electron chi connectivity index (χ2n) is 7.28. The summed E-state index contributed by atoms with van der Waals surface area (Å²) in [7, 11) is 0. The van der Waals surface area contributed by atoms with Crippen LogP contribution in [0.1, 0.15) is 43.1 Å². The van der Waals surface area contributed by atoms with Gasteiger partial charge in [-0.05, 0) is 42.7 Å². The second kappa shape index (κ2) is 9.24. The summed E-state index contributed by atoms with van der Waals surface area (Å²) in [6.45, 7) is 1.00. The number of para-hydroxylation sites is 2. The Labute approximate surface area is 170 Å². The molecular weight excluding hydrogens is 360 g/mol. The van der Waals surface area contributed by atoms with Gasteiger partial charge in [-0.2, -0.15) is 0 Å². The van der Waals surface area contributed by atoms with Gasteiger partial charge in [-0.1, -0.05) is 48.9 Å². The van der Waals surface area contributed by atoms with Crippen LogP contribution in [-0.4, -0.2) is 20.4 Å². The first-order valence-electron chi connectivity index (χ1n) is 10.2. The molecule has 29 heavy (non-hydrogen) atoms. The molecule has 2 N–H and O–H groups in total. The van der Waals surface area contributed by atoms with Crippen LogP contribution in [0.25, 0.3) is 11.0 Å². The van der Waals surface area contributed by atoms with Crippen molar-refractivity contribution < 1.29 is 4.79 Å². The van der Waals surface area contributed by atoms with E-state index in [0.717, 1.165) is 48.2 Å². The average Bonchev–Trinajstić information content (AvgIpc) is 3.42. The maximum atomic E-state index is 12.6. The zero-order chi connectivity index (χ0) is 19.9. The van der Waals surface area contributed by atoms with E-state index in [-0.39, 0.29) is 11.9 Å². The van der Waals surface area contributed by atoms with Gasteiger partial charge in [-0.15, -0.1) is 0 Å². The number of hydrogen-bond acceptors (Lipinski definition) is 2. The molecule has 2 aromatic carbocycles. The molecule has 4 aromatic rings. The molecule has 2 heterocycles. The van der Waals surface area contributed by atoms with Crippen LogP contribution in [0.5, 0.6) is 0 Å². The van der Waals surface area contributed by atoms with E-state index in [2.05, 4.69) is 27.3 Å². The van der Waals surface area contributed by atoms with Gasteiger partial charge in [0, 0.05) is 25.4 Å². The number of aromatic nitrogens is 3. The van der Waals surface area contributed by atoms with Gasteiger partial charge in [0.1, 0.15) is 11.9 Å². The summed E-state index contributed by atoms with van der Waals surface area (Å²) in [5.74, 6) is 0.818. The summed E-state index contributed by atoms with van der Waals surface area (Å²) in [5, 5.41) is 3.18. The van der Waals surface area contributed by atoms with Gasteiger partial charge in [0.25, 0.3) is 0 Å². The van der Waals surface area contributed by atoms with Crippen molar-refractivity contribution in [2.24, 2.45) is 0 Å². The normalized spacial score (nSPS) is 12.1. The third kappa shape index (κ3) is 4.93. The van der Waals surface area contributed by atoms with E-state index < -0.39 is 0 Å². The van der Waals surface area contributed by atoms with E-state index in [9.17, 15) is 4.79 Å². The number of hydrogen-bond donors (Lipinski definition) is 2. The van der Waals surface area contributed by atoms with Crippen molar-refractivity contribution in [1.82, 2.24) is 19.9 Å². The molecule has 0 aliphatic rings. The number of nitrogens with zero attached hydrogens (tertiary/aromatic N) is 2. The van der Waals surface area contributed by atoms with Crippen LogP contribution in [0.3, 0.4) is 0 Å². The quantitative estimate of drug-likeness (QED) is 0.405. The predicted molar refractivity (Wildman–Crippen MR) is 115 cm³/mol. The number of imidazole rings is 1. The Morgan fingerprint density at radius 2 is 1.69 bits per heavy atom. The van der Waals surface area contributed by atoms with Crippen molar-refractivity contribution in [3.05, 3.63) is 90.5 Å². The molecule has 0 spiro atoms. The van der Waals surface area contributed by atoms with Crippen LogP contribution in [0.15, 0.2) is 79.1 Å². The van der Waals surface area contributed by atoms with Crippen molar-refractivity contribution in [2.75, 3.05) is 0 Å². The lowest BCUT2D eigenvalue weighted by atomic mass is 10.1. The molecule has 0 saturated carbocycles. The summed E-state index contributed by atoms with van der Waals surface area (Å²) in [5.41, 5.74) is 2.90. The SMILES string of the molecule is O=C(CCCCCn1cccc1)N[C@H](c1ccccc1)c1nc2ccccc2[nH]1. The highest BCUT2D eigenvalue weighted by molar-refractivity contribution is 5.78. The van der Waals surface area contributed by atoms with Crippen molar-refractivity contribution in [2.45, 2.75) is 38.3 Å². The number of H-pyrrole nitrogens is 1. The van der Waals surface area contributed by atoms with Crippen LogP contribution in [-0.2, 0) is 11.3 Å². The average molecular weight is 386 g/mol. The molecule has 0 aliphatic heterocycles. The van der Waals surface area contributed by atoms with Crippen molar-refractivity contribution in [3.63, 3.8) is 0 Å². The molecule has 4 rings (SSSR count). The monoisotopic (exact) mass is 386 g/mol. The molecule has 1 atom stereocenters. The summed E-state index contributed by atoms with van der Waals surface area (Å²) in [6.07, 6.45) is 7.67. The summed E-state index contributed by atoms with van der Waals surface area (Å²) >= 11 is 0. The number of amides is 1. The van der Waals surface area contributed by atoms with Crippen molar-refractivity contribution in [1.29, 1.82) is 0 Å². The number of carbonyl (C=O) groups is 1. The van der Waals surface area contributed by atoms with Gasteiger partial charge in [0.05, 0.1) is 11.0 Å². The fraction of sp³-hybridized carbons (Fsp3) is 0.250. The van der Waals surface area contributed by atoms with Crippen molar-refractivity contribution in [3.8, 4) is 0 Å². The fourth-order valence-corrected chi connectivity index (χ4v) is 3.57. The molecule has 0 unspecified atom stereocenters. The zero-order valence-electron chi connectivity index (χ0n) is 16.4. The number of carbonyl (C=O) groups excluding carboxylic acids is 1.